The molecule has 1 amide bonds. The molecule has 1 rings (SSSR count). The number of carbonyl (C=O) groups excluding carboxylic acids is 1. The lowest BCUT2D eigenvalue weighted by Gasteiger charge is -2.19. The first-order valence-corrected chi connectivity index (χ1v) is 6.66. The topological polar surface area (TPSA) is 32.3 Å². The average molecular weight is 226 g/mol. The highest BCUT2D eigenvalue weighted by molar-refractivity contribution is 5.78. The second-order valence-electron chi connectivity index (χ2n) is 5.03. The van der Waals surface area contributed by atoms with Crippen LogP contribution in [0.4, 0.5) is 0 Å². The van der Waals surface area contributed by atoms with Gasteiger partial charge < -0.3 is 10.2 Å². The van der Waals surface area contributed by atoms with Crippen molar-refractivity contribution in [3.05, 3.63) is 0 Å². The van der Waals surface area contributed by atoms with Crippen molar-refractivity contribution in [3.63, 3.8) is 0 Å². The molecule has 3 heteroatoms. The zero-order chi connectivity index (χ0) is 12.0. The smallest absolute Gasteiger partial charge is 0.223 e. The summed E-state index contributed by atoms with van der Waals surface area (Å²) in [5, 5.41) is 3.20. The predicted molar refractivity (Wildman–Crippen MR) is 67.4 cm³/mol. The number of amides is 1. The van der Waals surface area contributed by atoms with Gasteiger partial charge in [0.2, 0.25) is 5.91 Å². The molecule has 1 heterocycles. The molecule has 1 aliphatic heterocycles. The number of nitrogens with zero attached hydrogens (tertiary/aromatic N) is 1. The molecule has 1 saturated heterocycles. The van der Waals surface area contributed by atoms with Crippen molar-refractivity contribution >= 4 is 5.91 Å². The summed E-state index contributed by atoms with van der Waals surface area (Å²) in [6, 6.07) is 0.383. The van der Waals surface area contributed by atoms with Crippen molar-refractivity contribution in [1.82, 2.24) is 10.2 Å². The molecule has 1 fully saturated rings. The van der Waals surface area contributed by atoms with E-state index >= 15 is 0 Å². The number of rotatable bonds is 6. The molecule has 0 bridgehead atoms. The SMILES string of the molecule is CCCC(CCC)C(=O)N[C@@H]1CCN(C)C1. The number of hydrogen-bond acceptors (Lipinski definition) is 2. The van der Waals surface area contributed by atoms with Gasteiger partial charge in [-0.05, 0) is 32.9 Å². The van der Waals surface area contributed by atoms with Gasteiger partial charge in [0.25, 0.3) is 0 Å². The van der Waals surface area contributed by atoms with Gasteiger partial charge in [0.15, 0.2) is 0 Å². The highest BCUT2D eigenvalue weighted by Crippen LogP contribution is 2.15. The Morgan fingerprint density at radius 2 is 2.00 bits per heavy atom. The highest BCUT2D eigenvalue weighted by Gasteiger charge is 2.24. The Balaban J connectivity index is 2.36. The van der Waals surface area contributed by atoms with E-state index < -0.39 is 0 Å². The van der Waals surface area contributed by atoms with Crippen LogP contribution in [0.25, 0.3) is 0 Å². The van der Waals surface area contributed by atoms with Crippen molar-refractivity contribution < 1.29 is 4.79 Å². The summed E-state index contributed by atoms with van der Waals surface area (Å²) in [4.78, 5) is 14.3. The maximum Gasteiger partial charge on any atom is 0.223 e. The molecule has 0 aromatic heterocycles. The summed E-state index contributed by atoms with van der Waals surface area (Å²) in [6.07, 6.45) is 5.36. The molecule has 1 atom stereocenters. The molecule has 0 aromatic rings. The summed E-state index contributed by atoms with van der Waals surface area (Å²) in [5.74, 6) is 0.518. The normalized spacial score (nSPS) is 21.6. The van der Waals surface area contributed by atoms with Crippen LogP contribution in [0.15, 0.2) is 0 Å². The van der Waals surface area contributed by atoms with Gasteiger partial charge in [-0.2, -0.15) is 0 Å². The zero-order valence-corrected chi connectivity index (χ0v) is 11.0. The maximum absolute atomic E-state index is 12.1. The molecular formula is C13H26N2O. The lowest BCUT2D eigenvalue weighted by molar-refractivity contribution is -0.126. The third-order valence-electron chi connectivity index (χ3n) is 3.38. The largest absolute Gasteiger partial charge is 0.352 e. The van der Waals surface area contributed by atoms with Crippen molar-refractivity contribution in [2.75, 3.05) is 20.1 Å². The first-order chi connectivity index (χ1) is 7.67. The molecule has 0 aliphatic carbocycles. The molecule has 0 aromatic carbocycles. The number of hydrogen-bond donors (Lipinski definition) is 1. The van der Waals surface area contributed by atoms with Gasteiger partial charge >= 0.3 is 0 Å². The van der Waals surface area contributed by atoms with Gasteiger partial charge in [-0.15, -0.1) is 0 Å². The van der Waals surface area contributed by atoms with Gasteiger partial charge in [-0.1, -0.05) is 26.7 Å². The molecule has 3 nitrogen and oxygen atoms in total. The summed E-state index contributed by atoms with van der Waals surface area (Å²) >= 11 is 0. The predicted octanol–water partition coefficient (Wildman–Crippen LogP) is 2.02. The third kappa shape index (κ3) is 4.12. The first-order valence-electron chi connectivity index (χ1n) is 6.66. The van der Waals surface area contributed by atoms with Gasteiger partial charge in [0.05, 0.1) is 0 Å². The van der Waals surface area contributed by atoms with Crippen LogP contribution in [0.1, 0.15) is 46.0 Å². The van der Waals surface area contributed by atoms with E-state index in [-0.39, 0.29) is 11.8 Å². The van der Waals surface area contributed by atoms with E-state index in [9.17, 15) is 4.79 Å². The number of likely N-dealkylation sites (N-methyl/N-ethyl adjacent to an activating group) is 1. The Labute approximate surface area is 99.6 Å². The minimum atomic E-state index is 0.237. The van der Waals surface area contributed by atoms with Gasteiger partial charge in [0.1, 0.15) is 0 Å². The van der Waals surface area contributed by atoms with Crippen LogP contribution in [0.5, 0.6) is 0 Å². The van der Waals surface area contributed by atoms with E-state index in [1.165, 1.54) is 0 Å². The quantitative estimate of drug-likeness (QED) is 0.751. The second kappa shape index (κ2) is 6.89. The Morgan fingerprint density at radius 1 is 1.38 bits per heavy atom. The van der Waals surface area contributed by atoms with E-state index in [0.717, 1.165) is 45.2 Å². The van der Waals surface area contributed by atoms with Gasteiger partial charge in [0, 0.05) is 18.5 Å². The molecule has 0 saturated carbocycles. The van der Waals surface area contributed by atoms with Crippen LogP contribution in [0, 0.1) is 5.92 Å². The number of nitrogens with one attached hydrogen (secondary N) is 1. The fourth-order valence-corrected chi connectivity index (χ4v) is 2.48. The monoisotopic (exact) mass is 226 g/mol. The molecular weight excluding hydrogens is 200 g/mol. The highest BCUT2D eigenvalue weighted by atomic mass is 16.1. The Morgan fingerprint density at radius 3 is 2.44 bits per heavy atom. The Kier molecular flexibility index (Phi) is 5.81. The summed E-state index contributed by atoms with van der Waals surface area (Å²) < 4.78 is 0. The Bertz CT molecular complexity index is 212. The van der Waals surface area contributed by atoms with E-state index in [1.807, 2.05) is 0 Å². The third-order valence-corrected chi connectivity index (χ3v) is 3.38. The number of carbonyl (C=O) groups is 1. The van der Waals surface area contributed by atoms with E-state index in [0.29, 0.717) is 6.04 Å². The fourth-order valence-electron chi connectivity index (χ4n) is 2.48. The molecule has 16 heavy (non-hydrogen) atoms. The van der Waals surface area contributed by atoms with Crippen molar-refractivity contribution in [3.8, 4) is 0 Å². The maximum atomic E-state index is 12.1. The van der Waals surface area contributed by atoms with Crippen LogP contribution < -0.4 is 5.32 Å². The van der Waals surface area contributed by atoms with Crippen molar-refractivity contribution in [2.45, 2.75) is 52.0 Å². The van der Waals surface area contributed by atoms with E-state index in [2.05, 4.69) is 31.1 Å². The van der Waals surface area contributed by atoms with Crippen LogP contribution in [-0.2, 0) is 4.79 Å². The molecule has 1 N–H and O–H groups in total. The Hall–Kier alpha value is -0.570. The van der Waals surface area contributed by atoms with Gasteiger partial charge in [-0.25, -0.2) is 0 Å². The van der Waals surface area contributed by atoms with Crippen LogP contribution in [0.3, 0.4) is 0 Å². The standard InChI is InChI=1S/C13H26N2O/c1-4-6-11(7-5-2)13(16)14-12-8-9-15(3)10-12/h11-12H,4-10H2,1-3H3,(H,14,16)/t12-/m1/s1. The fraction of sp³-hybridized carbons (Fsp3) is 0.923. The lowest BCUT2D eigenvalue weighted by atomic mass is 9.97. The summed E-state index contributed by atoms with van der Waals surface area (Å²) in [7, 11) is 2.11. The first kappa shape index (κ1) is 13.5. The van der Waals surface area contributed by atoms with E-state index in [4.69, 9.17) is 0 Å². The number of likely N-dealkylation sites (tertiary alicyclic amines) is 1. The minimum absolute atomic E-state index is 0.237. The van der Waals surface area contributed by atoms with Crippen LogP contribution in [0.2, 0.25) is 0 Å². The minimum Gasteiger partial charge on any atom is -0.352 e. The molecule has 1 aliphatic rings. The van der Waals surface area contributed by atoms with Crippen molar-refractivity contribution in [2.24, 2.45) is 5.92 Å². The van der Waals surface area contributed by atoms with Crippen LogP contribution in [-0.4, -0.2) is 37.0 Å². The van der Waals surface area contributed by atoms with Gasteiger partial charge in [-0.3, -0.25) is 4.79 Å². The van der Waals surface area contributed by atoms with E-state index in [1.54, 1.807) is 0 Å². The average Bonchev–Trinajstić information content (AvgIpc) is 2.63. The molecule has 0 spiro atoms. The summed E-state index contributed by atoms with van der Waals surface area (Å²) in [5.41, 5.74) is 0. The van der Waals surface area contributed by atoms with Crippen molar-refractivity contribution in [1.29, 1.82) is 0 Å². The zero-order valence-electron chi connectivity index (χ0n) is 11.0. The second-order valence-corrected chi connectivity index (χ2v) is 5.03. The lowest BCUT2D eigenvalue weighted by Crippen LogP contribution is -2.40. The summed E-state index contributed by atoms with van der Waals surface area (Å²) in [6.45, 7) is 6.42. The van der Waals surface area contributed by atoms with Crippen LogP contribution >= 0.6 is 0 Å². The molecule has 0 radical (unpaired) electrons. The molecule has 94 valence electrons. The molecule has 0 unspecified atom stereocenters.